The quantitative estimate of drug-likeness (QED) is 0.548. The third-order valence-corrected chi connectivity index (χ3v) is 4.83. The summed E-state index contributed by atoms with van der Waals surface area (Å²) in [6.45, 7) is 1.89. The fourth-order valence-corrected chi connectivity index (χ4v) is 3.76. The smallest absolute Gasteiger partial charge is 0.351 e. The molecule has 1 unspecified atom stereocenters. The van der Waals surface area contributed by atoms with Crippen LogP contribution in [0.25, 0.3) is 0 Å². The molecule has 3 aliphatic rings. The van der Waals surface area contributed by atoms with E-state index >= 15 is 0 Å². The second kappa shape index (κ2) is 6.23. The lowest BCUT2D eigenvalue weighted by Gasteiger charge is -2.32. The van der Waals surface area contributed by atoms with Crippen molar-refractivity contribution in [3.63, 3.8) is 0 Å². The first-order valence-corrected chi connectivity index (χ1v) is 8.99. The zero-order chi connectivity index (χ0) is 16.6. The number of piperidine rings is 2. The molecule has 3 aliphatic heterocycles. The number of amides is 3. The summed E-state index contributed by atoms with van der Waals surface area (Å²) < 4.78 is 34.8. The van der Waals surface area contributed by atoms with E-state index in [4.69, 9.17) is 4.55 Å². The SMILES string of the molecule is O=C(NC1CCNCC1)C1CC[C@@H]2CN1C(=O)N2OS(=O)(=O)O. The lowest BCUT2D eigenvalue weighted by atomic mass is 9.99. The maximum Gasteiger partial charge on any atom is 0.418 e. The van der Waals surface area contributed by atoms with Crippen molar-refractivity contribution in [3.05, 3.63) is 0 Å². The Morgan fingerprint density at radius 1 is 1.26 bits per heavy atom. The van der Waals surface area contributed by atoms with E-state index in [9.17, 15) is 18.0 Å². The van der Waals surface area contributed by atoms with E-state index in [2.05, 4.69) is 14.9 Å². The van der Waals surface area contributed by atoms with E-state index in [1.54, 1.807) is 0 Å². The molecule has 3 rings (SSSR count). The third kappa shape index (κ3) is 3.57. The topological polar surface area (TPSA) is 128 Å². The zero-order valence-electron chi connectivity index (χ0n) is 12.5. The minimum absolute atomic E-state index is 0.0874. The highest BCUT2D eigenvalue weighted by Gasteiger charge is 2.49. The molecular formula is C12H20N4O6S. The van der Waals surface area contributed by atoms with Crippen LogP contribution in [-0.2, 0) is 19.5 Å². The Balaban J connectivity index is 1.64. The van der Waals surface area contributed by atoms with E-state index in [1.165, 1.54) is 4.90 Å². The van der Waals surface area contributed by atoms with Gasteiger partial charge in [0.1, 0.15) is 6.04 Å². The van der Waals surface area contributed by atoms with Gasteiger partial charge in [-0.25, -0.2) is 4.79 Å². The van der Waals surface area contributed by atoms with Crippen molar-refractivity contribution in [3.8, 4) is 0 Å². The van der Waals surface area contributed by atoms with Gasteiger partial charge in [-0.2, -0.15) is 13.5 Å². The molecule has 0 aromatic heterocycles. The van der Waals surface area contributed by atoms with Crippen molar-refractivity contribution >= 4 is 22.3 Å². The Morgan fingerprint density at radius 2 is 1.96 bits per heavy atom. The van der Waals surface area contributed by atoms with Gasteiger partial charge in [-0.3, -0.25) is 9.35 Å². The molecule has 0 aromatic carbocycles. The molecule has 3 amide bonds. The van der Waals surface area contributed by atoms with Crippen LogP contribution < -0.4 is 10.6 Å². The summed E-state index contributed by atoms with van der Waals surface area (Å²) in [5.74, 6) is -0.225. The molecule has 2 atom stereocenters. The number of hydroxylamine groups is 2. The van der Waals surface area contributed by atoms with Crippen molar-refractivity contribution < 1.29 is 26.8 Å². The zero-order valence-corrected chi connectivity index (χ0v) is 13.3. The lowest BCUT2D eigenvalue weighted by Crippen LogP contribution is -2.53. The summed E-state index contributed by atoms with van der Waals surface area (Å²) in [6, 6.07) is -1.74. The van der Waals surface area contributed by atoms with Crippen molar-refractivity contribution in [2.75, 3.05) is 19.6 Å². The number of hydrogen-bond donors (Lipinski definition) is 3. The summed E-state index contributed by atoms with van der Waals surface area (Å²) in [5.41, 5.74) is 0. The lowest BCUT2D eigenvalue weighted by molar-refractivity contribution is -0.127. The van der Waals surface area contributed by atoms with Gasteiger partial charge in [0.25, 0.3) is 0 Å². The summed E-state index contributed by atoms with van der Waals surface area (Å²) >= 11 is 0. The first-order valence-electron chi connectivity index (χ1n) is 7.63. The standard InChI is InChI=1S/C12H20N4O6S/c17-11(14-8-3-5-13-6-4-8)10-2-1-9-7-15(10)12(18)16(9)22-23(19,20)21/h8-10,13H,1-7H2,(H,14,17)(H,19,20,21)/t9-,10?/m1/s1. The molecule has 0 saturated carbocycles. The predicted octanol–water partition coefficient (Wildman–Crippen LogP) is -1.14. The summed E-state index contributed by atoms with van der Waals surface area (Å²) in [5, 5.41) is 6.81. The third-order valence-electron chi connectivity index (χ3n) is 4.49. The number of carbonyl (C=O) groups is 2. The monoisotopic (exact) mass is 348 g/mol. The van der Waals surface area contributed by atoms with E-state index < -0.39 is 28.5 Å². The molecule has 3 heterocycles. The maximum absolute atomic E-state index is 12.4. The Morgan fingerprint density at radius 3 is 2.61 bits per heavy atom. The molecule has 130 valence electrons. The average molecular weight is 348 g/mol. The number of rotatable bonds is 4. The van der Waals surface area contributed by atoms with Gasteiger partial charge in [-0.15, -0.1) is 4.28 Å². The van der Waals surface area contributed by atoms with Gasteiger partial charge < -0.3 is 15.5 Å². The van der Waals surface area contributed by atoms with Gasteiger partial charge in [0.05, 0.1) is 6.04 Å². The molecule has 3 saturated heterocycles. The second-order valence-electron chi connectivity index (χ2n) is 6.04. The van der Waals surface area contributed by atoms with Crippen LogP contribution in [0.15, 0.2) is 0 Å². The Bertz CT molecular complexity index is 590. The second-order valence-corrected chi connectivity index (χ2v) is 7.05. The molecule has 23 heavy (non-hydrogen) atoms. The Labute approximate surface area is 134 Å². The van der Waals surface area contributed by atoms with Crippen molar-refractivity contribution in [1.29, 1.82) is 0 Å². The molecule has 3 fully saturated rings. The van der Waals surface area contributed by atoms with Gasteiger partial charge in [0, 0.05) is 12.6 Å². The number of hydrogen-bond acceptors (Lipinski definition) is 6. The maximum atomic E-state index is 12.4. The molecule has 10 nitrogen and oxygen atoms in total. The molecule has 11 heteroatoms. The van der Waals surface area contributed by atoms with Crippen LogP contribution in [0.5, 0.6) is 0 Å². The largest absolute Gasteiger partial charge is 0.418 e. The first-order chi connectivity index (χ1) is 10.8. The van der Waals surface area contributed by atoms with Gasteiger partial charge in [0.15, 0.2) is 0 Å². The van der Waals surface area contributed by atoms with Crippen LogP contribution in [0.2, 0.25) is 0 Å². The van der Waals surface area contributed by atoms with Crippen LogP contribution in [0, 0.1) is 0 Å². The van der Waals surface area contributed by atoms with Gasteiger partial charge in [-0.1, -0.05) is 0 Å². The van der Waals surface area contributed by atoms with Crippen molar-refractivity contribution in [1.82, 2.24) is 20.6 Å². The summed E-state index contributed by atoms with van der Waals surface area (Å²) in [6.07, 6.45) is 2.54. The molecule has 0 radical (unpaired) electrons. The fraction of sp³-hybridized carbons (Fsp3) is 0.833. The molecular weight excluding hydrogens is 328 g/mol. The normalized spacial score (nSPS) is 29.0. The van der Waals surface area contributed by atoms with E-state index in [0.29, 0.717) is 17.9 Å². The fourth-order valence-electron chi connectivity index (χ4n) is 3.37. The van der Waals surface area contributed by atoms with Crippen LogP contribution in [0.4, 0.5) is 4.79 Å². The number of urea groups is 1. The summed E-state index contributed by atoms with van der Waals surface area (Å²) in [4.78, 5) is 26.0. The minimum Gasteiger partial charge on any atom is -0.351 e. The highest BCUT2D eigenvalue weighted by Crippen LogP contribution is 2.30. The molecule has 0 aliphatic carbocycles. The van der Waals surface area contributed by atoms with Gasteiger partial charge in [-0.05, 0) is 38.8 Å². The average Bonchev–Trinajstić information content (AvgIpc) is 2.72. The molecule has 2 bridgehead atoms. The Hall–Kier alpha value is -1.43. The Kier molecular flexibility index (Phi) is 4.45. The van der Waals surface area contributed by atoms with Gasteiger partial charge >= 0.3 is 16.4 Å². The molecule has 0 spiro atoms. The molecule has 0 aromatic rings. The van der Waals surface area contributed by atoms with Crippen LogP contribution >= 0.6 is 0 Å². The van der Waals surface area contributed by atoms with Crippen molar-refractivity contribution in [2.24, 2.45) is 0 Å². The summed E-state index contributed by atoms with van der Waals surface area (Å²) in [7, 11) is -4.77. The highest BCUT2D eigenvalue weighted by atomic mass is 32.3. The number of nitrogens with one attached hydrogen (secondary N) is 2. The van der Waals surface area contributed by atoms with E-state index in [1.807, 2.05) is 0 Å². The van der Waals surface area contributed by atoms with Crippen LogP contribution in [0.1, 0.15) is 25.7 Å². The van der Waals surface area contributed by atoms with E-state index in [-0.39, 0.29) is 18.5 Å². The van der Waals surface area contributed by atoms with E-state index in [0.717, 1.165) is 25.9 Å². The molecule has 3 N–H and O–H groups in total. The van der Waals surface area contributed by atoms with Crippen LogP contribution in [0.3, 0.4) is 0 Å². The predicted molar refractivity (Wildman–Crippen MR) is 77.4 cm³/mol. The van der Waals surface area contributed by atoms with Crippen molar-refractivity contribution in [2.45, 2.75) is 43.8 Å². The number of nitrogens with zero attached hydrogens (tertiary/aromatic N) is 2. The van der Waals surface area contributed by atoms with Crippen LogP contribution in [-0.4, -0.2) is 72.6 Å². The number of fused-ring (bicyclic) bond motifs is 2. The highest BCUT2D eigenvalue weighted by molar-refractivity contribution is 7.80. The number of carbonyl (C=O) groups excluding carboxylic acids is 2. The first kappa shape index (κ1) is 16.4. The minimum atomic E-state index is -4.77. The van der Waals surface area contributed by atoms with Gasteiger partial charge in [0.2, 0.25) is 5.91 Å².